The van der Waals surface area contributed by atoms with Crippen LogP contribution in [0, 0.1) is 63.6 Å². The Kier molecular flexibility index (Phi) is 5.23. The molecule has 3 saturated carbocycles. The number of carbonyl (C=O) groups excluding carboxylic acids is 3. The lowest BCUT2D eigenvalue weighted by Gasteiger charge is -2.62. The molecule has 5 heteroatoms. The van der Waals surface area contributed by atoms with E-state index in [0.717, 1.165) is 50.5 Å². The molecule has 0 heterocycles. The van der Waals surface area contributed by atoms with Gasteiger partial charge in [0.1, 0.15) is 6.07 Å². The van der Waals surface area contributed by atoms with Crippen LogP contribution in [-0.4, -0.2) is 24.6 Å². The van der Waals surface area contributed by atoms with E-state index in [0.29, 0.717) is 5.92 Å². The first-order valence-electron chi connectivity index (χ1n) is 12.7. The summed E-state index contributed by atoms with van der Waals surface area (Å²) in [5.41, 5.74) is 0.649. The summed E-state index contributed by atoms with van der Waals surface area (Å²) in [6, 6.07) is 2.10. The van der Waals surface area contributed by atoms with E-state index < -0.39 is 5.41 Å². The van der Waals surface area contributed by atoms with E-state index in [4.69, 9.17) is 4.74 Å². The number of ketones is 2. The fraction of sp³-hybridized carbons (Fsp3) is 0.714. The van der Waals surface area contributed by atoms with Crippen LogP contribution in [0.2, 0.25) is 0 Å². The fourth-order valence-electron chi connectivity index (χ4n) is 8.73. The predicted molar refractivity (Wildman–Crippen MR) is 122 cm³/mol. The number of rotatable bonds is 1. The Morgan fingerprint density at radius 3 is 2.61 bits per heavy atom. The summed E-state index contributed by atoms with van der Waals surface area (Å²) >= 11 is 0. The van der Waals surface area contributed by atoms with E-state index in [1.54, 1.807) is 0 Å². The highest BCUT2D eigenvalue weighted by Crippen LogP contribution is 2.67. The molecule has 5 aliphatic rings. The zero-order valence-corrected chi connectivity index (χ0v) is 20.2. The maximum Gasteiger partial charge on any atom is 0.312 e. The van der Waals surface area contributed by atoms with Crippen LogP contribution in [0.25, 0.3) is 0 Å². The van der Waals surface area contributed by atoms with Crippen molar-refractivity contribution < 1.29 is 19.1 Å². The summed E-state index contributed by atoms with van der Waals surface area (Å²) in [5.74, 6) is 0.537. The molecule has 3 fully saturated rings. The lowest BCUT2D eigenvalue weighted by molar-refractivity contribution is -0.179. The molecule has 5 rings (SSSR count). The van der Waals surface area contributed by atoms with Crippen molar-refractivity contribution in [3.63, 3.8) is 0 Å². The molecule has 0 amide bonds. The molecule has 0 aromatic carbocycles. The highest BCUT2D eigenvalue weighted by molar-refractivity contribution is 6.02. The average molecular weight is 450 g/mol. The molecule has 5 unspecified atom stereocenters. The van der Waals surface area contributed by atoms with Crippen molar-refractivity contribution in [3.8, 4) is 6.07 Å². The minimum atomic E-state index is -0.538. The minimum Gasteiger partial charge on any atom is -0.469 e. The number of nitrogens with zero attached hydrogens (tertiary/aromatic N) is 1. The van der Waals surface area contributed by atoms with Crippen LogP contribution in [-0.2, 0) is 19.1 Å². The van der Waals surface area contributed by atoms with Gasteiger partial charge in [-0.15, -0.1) is 0 Å². The Bertz CT molecular complexity index is 1020. The summed E-state index contributed by atoms with van der Waals surface area (Å²) < 4.78 is 5.32. The van der Waals surface area contributed by atoms with Crippen LogP contribution in [0.5, 0.6) is 0 Å². The van der Waals surface area contributed by atoms with Gasteiger partial charge in [0.15, 0.2) is 11.6 Å². The van der Waals surface area contributed by atoms with Crippen molar-refractivity contribution in [2.45, 2.75) is 65.7 Å². The van der Waals surface area contributed by atoms with E-state index in [1.807, 2.05) is 19.1 Å². The minimum absolute atomic E-state index is 0.00889. The standard InChI is InChI=1S/C28H35NO4/c1-15-7-8-28(26(32)33-4)10-9-27(3)21-6-5-18-16(2)25(31)17(14-29)12-19(18)20(21)13-23(30)24(27)22(28)11-15/h12-13,15-16,18-19,21-22,24H,5-11H2,1-4H3/t15-,16+,18?,19?,21?,22?,24?,27+,28+/m1/s1. The number of allylic oxidation sites excluding steroid dienone is 4. The Labute approximate surface area is 196 Å². The Morgan fingerprint density at radius 1 is 1.15 bits per heavy atom. The van der Waals surface area contributed by atoms with Crippen molar-refractivity contribution in [3.05, 3.63) is 23.3 Å². The first kappa shape index (κ1) is 22.6. The lowest BCUT2D eigenvalue weighted by atomic mass is 9.41. The quantitative estimate of drug-likeness (QED) is 0.536. The summed E-state index contributed by atoms with van der Waals surface area (Å²) in [4.78, 5) is 39.6. The molecule has 0 N–H and O–H groups in total. The van der Waals surface area contributed by atoms with Gasteiger partial charge in [0.2, 0.25) is 0 Å². The number of nitriles is 1. The Balaban J connectivity index is 1.60. The van der Waals surface area contributed by atoms with Gasteiger partial charge >= 0.3 is 5.97 Å². The first-order chi connectivity index (χ1) is 15.7. The molecule has 0 bridgehead atoms. The van der Waals surface area contributed by atoms with E-state index in [-0.39, 0.29) is 64.0 Å². The molecule has 0 radical (unpaired) electrons. The third-order valence-electron chi connectivity index (χ3n) is 10.5. The van der Waals surface area contributed by atoms with Gasteiger partial charge < -0.3 is 4.74 Å². The van der Waals surface area contributed by atoms with Crippen molar-refractivity contribution in [1.29, 1.82) is 5.26 Å². The SMILES string of the molecule is COC(=O)[C@]12CC[C@@H](C)CC1C1C(=O)C=C3C4C=C(C#N)C(=O)[C@@H](C)C4CCC3[C@]1(C)CC2. The van der Waals surface area contributed by atoms with E-state index in [2.05, 4.69) is 19.9 Å². The topological polar surface area (TPSA) is 84.2 Å². The van der Waals surface area contributed by atoms with Crippen molar-refractivity contribution in [2.24, 2.45) is 52.3 Å². The van der Waals surface area contributed by atoms with Crippen LogP contribution in [0.15, 0.2) is 23.3 Å². The van der Waals surface area contributed by atoms with E-state index in [1.165, 1.54) is 7.11 Å². The van der Waals surface area contributed by atoms with Crippen molar-refractivity contribution >= 4 is 17.5 Å². The second-order valence-corrected chi connectivity index (χ2v) is 11.8. The van der Waals surface area contributed by atoms with Gasteiger partial charge in [-0.05, 0) is 80.1 Å². The molecule has 176 valence electrons. The molecule has 5 nitrogen and oxygen atoms in total. The third kappa shape index (κ3) is 2.98. The molecule has 0 saturated heterocycles. The van der Waals surface area contributed by atoms with Gasteiger partial charge in [0, 0.05) is 17.8 Å². The summed E-state index contributed by atoms with van der Waals surface area (Å²) in [5, 5.41) is 9.54. The molecule has 33 heavy (non-hydrogen) atoms. The Hall–Kier alpha value is -2.22. The summed E-state index contributed by atoms with van der Waals surface area (Å²) in [7, 11) is 1.48. The number of carbonyl (C=O) groups is 3. The maximum absolute atomic E-state index is 13.9. The van der Waals surface area contributed by atoms with E-state index >= 15 is 0 Å². The van der Waals surface area contributed by atoms with Crippen molar-refractivity contribution in [1.82, 2.24) is 0 Å². The lowest BCUT2D eigenvalue weighted by Crippen LogP contribution is -2.60. The fourth-order valence-corrected chi connectivity index (χ4v) is 8.73. The average Bonchev–Trinajstić information content (AvgIpc) is 2.80. The predicted octanol–water partition coefficient (Wildman–Crippen LogP) is 4.82. The maximum atomic E-state index is 13.9. The van der Waals surface area contributed by atoms with Gasteiger partial charge in [-0.3, -0.25) is 14.4 Å². The van der Waals surface area contributed by atoms with Crippen LogP contribution in [0.3, 0.4) is 0 Å². The second kappa shape index (κ2) is 7.65. The number of hydrogen-bond acceptors (Lipinski definition) is 5. The number of esters is 1. The molecular weight excluding hydrogens is 414 g/mol. The zero-order chi connectivity index (χ0) is 23.7. The van der Waals surface area contributed by atoms with Crippen LogP contribution in [0.4, 0.5) is 0 Å². The zero-order valence-electron chi connectivity index (χ0n) is 20.2. The molecular formula is C28H35NO4. The van der Waals surface area contributed by atoms with Gasteiger partial charge in [0.25, 0.3) is 0 Å². The van der Waals surface area contributed by atoms with Crippen LogP contribution >= 0.6 is 0 Å². The Morgan fingerprint density at radius 2 is 1.91 bits per heavy atom. The highest BCUT2D eigenvalue weighted by atomic mass is 16.5. The van der Waals surface area contributed by atoms with Gasteiger partial charge in [-0.25, -0.2) is 0 Å². The van der Waals surface area contributed by atoms with E-state index in [9.17, 15) is 19.6 Å². The first-order valence-corrected chi connectivity index (χ1v) is 12.7. The second-order valence-electron chi connectivity index (χ2n) is 11.8. The molecule has 5 aliphatic carbocycles. The smallest absolute Gasteiger partial charge is 0.312 e. The molecule has 0 spiro atoms. The molecule has 0 aromatic rings. The summed E-state index contributed by atoms with van der Waals surface area (Å²) in [6.45, 7) is 6.46. The number of hydrogen-bond donors (Lipinski definition) is 0. The van der Waals surface area contributed by atoms with Crippen LogP contribution < -0.4 is 0 Å². The monoisotopic (exact) mass is 449 g/mol. The van der Waals surface area contributed by atoms with Gasteiger partial charge in [-0.2, -0.15) is 5.26 Å². The number of ether oxygens (including phenoxy) is 1. The third-order valence-corrected chi connectivity index (χ3v) is 10.5. The highest BCUT2D eigenvalue weighted by Gasteiger charge is 2.65. The van der Waals surface area contributed by atoms with Gasteiger partial charge in [0.05, 0.1) is 18.1 Å². The largest absolute Gasteiger partial charge is 0.469 e. The number of methoxy groups -OCH3 is 1. The number of Topliss-reactive ketones (excluding diaryl/α,β-unsaturated/α-hetero) is 1. The molecule has 0 aliphatic heterocycles. The molecule has 9 atom stereocenters. The van der Waals surface area contributed by atoms with Crippen molar-refractivity contribution in [2.75, 3.05) is 7.11 Å². The summed E-state index contributed by atoms with van der Waals surface area (Å²) in [6.07, 6.45) is 9.96. The normalized spacial score (nSPS) is 46.5. The van der Waals surface area contributed by atoms with Crippen LogP contribution in [0.1, 0.15) is 65.7 Å². The molecule has 0 aromatic heterocycles. The van der Waals surface area contributed by atoms with Gasteiger partial charge in [-0.1, -0.05) is 32.4 Å². The number of fused-ring (bicyclic) bond motifs is 7.